The third kappa shape index (κ3) is 3.59. The van der Waals surface area contributed by atoms with Crippen LogP contribution < -0.4 is 5.32 Å². The fraction of sp³-hybridized carbons (Fsp3) is 0.385. The van der Waals surface area contributed by atoms with E-state index in [4.69, 9.17) is 5.11 Å². The normalized spacial score (nSPS) is 19.4. The average molecular weight is 312 g/mol. The molecule has 0 bridgehead atoms. The first-order chi connectivity index (χ1) is 9.79. The summed E-state index contributed by atoms with van der Waals surface area (Å²) in [4.78, 5) is 23.1. The number of nitrogens with zero attached hydrogens (tertiary/aromatic N) is 1. The van der Waals surface area contributed by atoms with Gasteiger partial charge in [0.25, 0.3) is 0 Å². The van der Waals surface area contributed by atoms with Crippen molar-refractivity contribution in [2.45, 2.75) is 18.9 Å². The summed E-state index contributed by atoms with van der Waals surface area (Å²) in [5, 5.41) is 11.5. The number of hydrogen-bond acceptors (Lipinski definition) is 4. The molecular formula is C13H16N2O5S. The van der Waals surface area contributed by atoms with Gasteiger partial charge in [0.15, 0.2) is 0 Å². The number of aromatic carboxylic acids is 1. The van der Waals surface area contributed by atoms with Crippen LogP contribution in [0.3, 0.4) is 0 Å². The number of anilines is 1. The maximum atomic E-state index is 12.2. The zero-order valence-corrected chi connectivity index (χ0v) is 12.3. The number of carbonyl (C=O) groups excluding carboxylic acids is 1. The van der Waals surface area contributed by atoms with Crippen LogP contribution in [-0.2, 0) is 14.8 Å². The summed E-state index contributed by atoms with van der Waals surface area (Å²) in [5.74, 6) is -1.54. The summed E-state index contributed by atoms with van der Waals surface area (Å²) < 4.78 is 24.4. The number of rotatable bonds is 4. The summed E-state index contributed by atoms with van der Waals surface area (Å²) in [5.41, 5.74) is 0.388. The van der Waals surface area contributed by atoms with E-state index in [-0.39, 0.29) is 5.56 Å². The van der Waals surface area contributed by atoms with Crippen molar-refractivity contribution in [3.8, 4) is 0 Å². The van der Waals surface area contributed by atoms with E-state index in [1.165, 1.54) is 22.5 Å². The van der Waals surface area contributed by atoms with Crippen LogP contribution in [0.2, 0.25) is 0 Å². The number of carboxylic acids is 1. The Morgan fingerprint density at radius 2 is 2.10 bits per heavy atom. The van der Waals surface area contributed by atoms with Crippen LogP contribution in [0.1, 0.15) is 23.2 Å². The highest BCUT2D eigenvalue weighted by Crippen LogP contribution is 2.22. The van der Waals surface area contributed by atoms with Crippen molar-refractivity contribution in [3.05, 3.63) is 29.8 Å². The molecule has 0 radical (unpaired) electrons. The molecule has 1 heterocycles. The Hall–Kier alpha value is -1.93. The largest absolute Gasteiger partial charge is 0.478 e. The van der Waals surface area contributed by atoms with E-state index in [1.54, 1.807) is 6.07 Å². The van der Waals surface area contributed by atoms with Crippen LogP contribution in [0.15, 0.2) is 24.3 Å². The lowest BCUT2D eigenvalue weighted by atomic mass is 10.2. The van der Waals surface area contributed by atoms with Crippen molar-refractivity contribution < 1.29 is 23.1 Å². The quantitative estimate of drug-likeness (QED) is 0.853. The smallest absolute Gasteiger partial charge is 0.335 e. The van der Waals surface area contributed by atoms with E-state index in [2.05, 4.69) is 5.32 Å². The number of amides is 1. The summed E-state index contributed by atoms with van der Waals surface area (Å²) in [6.07, 6.45) is 2.15. The molecule has 0 spiro atoms. The number of nitrogens with one attached hydrogen (secondary N) is 1. The van der Waals surface area contributed by atoms with Crippen molar-refractivity contribution in [3.63, 3.8) is 0 Å². The molecule has 1 amide bonds. The number of benzene rings is 1. The molecule has 0 saturated carbocycles. The van der Waals surface area contributed by atoms with Crippen LogP contribution in [0, 0.1) is 0 Å². The average Bonchev–Trinajstić information content (AvgIpc) is 2.88. The topological polar surface area (TPSA) is 104 Å². The minimum Gasteiger partial charge on any atom is -0.478 e. The predicted molar refractivity (Wildman–Crippen MR) is 76.6 cm³/mol. The van der Waals surface area contributed by atoms with E-state index in [1.807, 2.05) is 0 Å². The van der Waals surface area contributed by atoms with Gasteiger partial charge in [-0.2, -0.15) is 4.31 Å². The van der Waals surface area contributed by atoms with Crippen molar-refractivity contribution >= 4 is 27.6 Å². The van der Waals surface area contributed by atoms with Gasteiger partial charge in [-0.15, -0.1) is 0 Å². The monoisotopic (exact) mass is 312 g/mol. The summed E-state index contributed by atoms with van der Waals surface area (Å²) in [6.45, 7) is 0.325. The Morgan fingerprint density at radius 3 is 2.71 bits per heavy atom. The SMILES string of the molecule is CS(=O)(=O)N1CCCC1C(=O)Nc1cccc(C(=O)O)c1. The molecule has 7 nitrogen and oxygen atoms in total. The highest BCUT2D eigenvalue weighted by atomic mass is 32.2. The molecule has 1 aliphatic rings. The summed E-state index contributed by atoms with van der Waals surface area (Å²) in [6, 6.07) is 5.08. The summed E-state index contributed by atoms with van der Waals surface area (Å²) >= 11 is 0. The molecule has 0 aromatic heterocycles. The second-order valence-corrected chi connectivity index (χ2v) is 6.84. The molecule has 1 fully saturated rings. The van der Waals surface area contributed by atoms with E-state index in [9.17, 15) is 18.0 Å². The van der Waals surface area contributed by atoms with Crippen LogP contribution in [0.5, 0.6) is 0 Å². The van der Waals surface area contributed by atoms with Gasteiger partial charge < -0.3 is 10.4 Å². The molecule has 114 valence electrons. The molecule has 2 N–H and O–H groups in total. The third-order valence-electron chi connectivity index (χ3n) is 3.31. The molecule has 1 saturated heterocycles. The fourth-order valence-electron chi connectivity index (χ4n) is 2.35. The van der Waals surface area contributed by atoms with Gasteiger partial charge in [0.05, 0.1) is 11.8 Å². The van der Waals surface area contributed by atoms with Gasteiger partial charge in [-0.1, -0.05) is 6.07 Å². The van der Waals surface area contributed by atoms with Gasteiger partial charge in [0.2, 0.25) is 15.9 Å². The number of carboxylic acid groups (broad SMARTS) is 1. The highest BCUT2D eigenvalue weighted by molar-refractivity contribution is 7.88. The highest BCUT2D eigenvalue weighted by Gasteiger charge is 2.36. The maximum Gasteiger partial charge on any atom is 0.335 e. The van der Waals surface area contributed by atoms with Crippen LogP contribution in [-0.4, -0.2) is 48.5 Å². The molecule has 1 atom stereocenters. The second kappa shape index (κ2) is 5.82. The molecule has 1 aromatic carbocycles. The summed E-state index contributed by atoms with van der Waals surface area (Å²) in [7, 11) is -3.43. The first-order valence-corrected chi connectivity index (χ1v) is 8.25. The molecule has 2 rings (SSSR count). The van der Waals surface area contributed by atoms with Crippen molar-refractivity contribution in [1.82, 2.24) is 4.31 Å². The van der Waals surface area contributed by atoms with Gasteiger partial charge in [-0.3, -0.25) is 4.79 Å². The molecule has 1 aromatic rings. The third-order valence-corrected chi connectivity index (χ3v) is 4.60. The van der Waals surface area contributed by atoms with Gasteiger partial charge in [0.1, 0.15) is 6.04 Å². The molecule has 1 unspecified atom stereocenters. The Labute approximate surface area is 122 Å². The first kappa shape index (κ1) is 15.5. The van der Waals surface area contributed by atoms with Crippen molar-refractivity contribution in [2.24, 2.45) is 0 Å². The van der Waals surface area contributed by atoms with Crippen LogP contribution in [0.4, 0.5) is 5.69 Å². The van der Waals surface area contributed by atoms with Crippen molar-refractivity contribution in [1.29, 1.82) is 0 Å². The molecule has 8 heteroatoms. The molecular weight excluding hydrogens is 296 g/mol. The first-order valence-electron chi connectivity index (χ1n) is 6.40. The van der Waals surface area contributed by atoms with Crippen LogP contribution in [0.25, 0.3) is 0 Å². The maximum absolute atomic E-state index is 12.2. The number of hydrogen-bond donors (Lipinski definition) is 2. The van der Waals surface area contributed by atoms with Crippen LogP contribution >= 0.6 is 0 Å². The van der Waals surface area contributed by atoms with E-state index in [0.717, 1.165) is 6.26 Å². The minimum atomic E-state index is -3.43. The Bertz CT molecular complexity index is 671. The minimum absolute atomic E-state index is 0.0548. The van der Waals surface area contributed by atoms with E-state index >= 15 is 0 Å². The zero-order chi connectivity index (χ0) is 15.6. The number of sulfonamides is 1. The van der Waals surface area contributed by atoms with E-state index < -0.39 is 27.9 Å². The van der Waals surface area contributed by atoms with Crippen molar-refractivity contribution in [2.75, 3.05) is 18.1 Å². The molecule has 0 aliphatic carbocycles. The predicted octanol–water partition coefficient (Wildman–Crippen LogP) is 0.747. The standard InChI is InChI=1S/C13H16N2O5S/c1-21(19,20)15-7-3-6-11(15)12(16)14-10-5-2-4-9(8-10)13(17)18/h2,4-5,8,11H,3,6-7H2,1H3,(H,14,16)(H,17,18). The molecule has 21 heavy (non-hydrogen) atoms. The Balaban J connectivity index is 2.14. The van der Waals surface area contributed by atoms with Gasteiger partial charge >= 0.3 is 5.97 Å². The van der Waals surface area contributed by atoms with Gasteiger partial charge in [0, 0.05) is 12.2 Å². The van der Waals surface area contributed by atoms with E-state index in [0.29, 0.717) is 25.1 Å². The molecule has 1 aliphatic heterocycles. The second-order valence-electron chi connectivity index (χ2n) is 4.91. The van der Waals surface area contributed by atoms with Gasteiger partial charge in [-0.25, -0.2) is 13.2 Å². The van der Waals surface area contributed by atoms with Gasteiger partial charge in [-0.05, 0) is 31.0 Å². The lowest BCUT2D eigenvalue weighted by Crippen LogP contribution is -2.42. The number of carbonyl (C=O) groups is 2. The lowest BCUT2D eigenvalue weighted by Gasteiger charge is -2.21. The lowest BCUT2D eigenvalue weighted by molar-refractivity contribution is -0.119. The Morgan fingerprint density at radius 1 is 1.38 bits per heavy atom. The fourth-order valence-corrected chi connectivity index (χ4v) is 3.48. The Kier molecular flexibility index (Phi) is 4.29. The zero-order valence-electron chi connectivity index (χ0n) is 11.4.